The Kier molecular flexibility index (Phi) is 4.01. The molecule has 5 heteroatoms. The second kappa shape index (κ2) is 5.70. The number of rotatable bonds is 2. The summed E-state index contributed by atoms with van der Waals surface area (Å²) < 4.78 is 4.95. The van der Waals surface area contributed by atoms with Crippen molar-refractivity contribution in [2.24, 2.45) is 0 Å². The second-order valence-corrected chi connectivity index (χ2v) is 4.49. The van der Waals surface area contributed by atoms with Crippen LogP contribution in [-0.2, 0) is 6.54 Å². The molecule has 1 aliphatic heterocycles. The van der Waals surface area contributed by atoms with E-state index in [1.807, 2.05) is 17.9 Å². The zero-order valence-electron chi connectivity index (χ0n) is 10.2. The Hall–Kier alpha value is -1.52. The lowest BCUT2D eigenvalue weighted by atomic mass is 10.2. The zero-order chi connectivity index (χ0) is 12.1. The van der Waals surface area contributed by atoms with Crippen LogP contribution in [0, 0.1) is 6.92 Å². The average Bonchev–Trinajstić information content (AvgIpc) is 2.58. The van der Waals surface area contributed by atoms with Crippen molar-refractivity contribution in [1.29, 1.82) is 0 Å². The number of amides is 2. The molecule has 1 N–H and O–H groups in total. The van der Waals surface area contributed by atoms with E-state index in [4.69, 9.17) is 4.52 Å². The Morgan fingerprint density at radius 3 is 2.71 bits per heavy atom. The molecule has 94 valence electrons. The smallest absolute Gasteiger partial charge is 0.317 e. The van der Waals surface area contributed by atoms with Crippen LogP contribution in [0.25, 0.3) is 0 Å². The van der Waals surface area contributed by atoms with Crippen molar-refractivity contribution in [2.45, 2.75) is 39.2 Å². The minimum absolute atomic E-state index is 0.00699. The van der Waals surface area contributed by atoms with E-state index in [1.54, 1.807) is 0 Å². The molecule has 1 fully saturated rings. The fraction of sp³-hybridized carbons (Fsp3) is 0.667. The maximum atomic E-state index is 11.9. The largest absolute Gasteiger partial charge is 0.361 e. The molecule has 2 rings (SSSR count). The molecule has 0 aromatic carbocycles. The van der Waals surface area contributed by atoms with Crippen LogP contribution in [0.1, 0.15) is 37.1 Å². The lowest BCUT2D eigenvalue weighted by Crippen LogP contribution is -2.40. The Bertz CT molecular complexity index is 368. The van der Waals surface area contributed by atoms with E-state index in [2.05, 4.69) is 10.5 Å². The van der Waals surface area contributed by atoms with Gasteiger partial charge >= 0.3 is 6.03 Å². The fourth-order valence-electron chi connectivity index (χ4n) is 2.05. The summed E-state index contributed by atoms with van der Waals surface area (Å²) in [5, 5.41) is 6.72. The molecule has 0 radical (unpaired) electrons. The molecule has 0 atom stereocenters. The number of carbonyl (C=O) groups is 1. The molecule has 17 heavy (non-hydrogen) atoms. The van der Waals surface area contributed by atoms with Gasteiger partial charge in [0.2, 0.25) is 0 Å². The molecular weight excluding hydrogens is 218 g/mol. The van der Waals surface area contributed by atoms with Crippen LogP contribution in [0.3, 0.4) is 0 Å². The van der Waals surface area contributed by atoms with Crippen molar-refractivity contribution in [2.75, 3.05) is 13.1 Å². The monoisotopic (exact) mass is 237 g/mol. The highest BCUT2D eigenvalue weighted by atomic mass is 16.5. The zero-order valence-corrected chi connectivity index (χ0v) is 10.2. The minimum atomic E-state index is 0.00699. The van der Waals surface area contributed by atoms with E-state index in [1.165, 1.54) is 12.8 Å². The normalized spacial score (nSPS) is 16.6. The number of nitrogens with zero attached hydrogens (tertiary/aromatic N) is 2. The van der Waals surface area contributed by atoms with Crippen molar-refractivity contribution in [3.8, 4) is 0 Å². The number of likely N-dealkylation sites (tertiary alicyclic amines) is 1. The predicted molar refractivity (Wildman–Crippen MR) is 63.5 cm³/mol. The summed E-state index contributed by atoms with van der Waals surface area (Å²) in [6.07, 6.45) is 4.67. The molecule has 5 nitrogen and oxygen atoms in total. The summed E-state index contributed by atoms with van der Waals surface area (Å²) in [4.78, 5) is 13.8. The highest BCUT2D eigenvalue weighted by molar-refractivity contribution is 5.74. The third-order valence-electron chi connectivity index (χ3n) is 2.99. The highest BCUT2D eigenvalue weighted by Gasteiger charge is 2.15. The SMILES string of the molecule is Cc1cc(CNC(=O)N2CCCCCC2)no1. The maximum Gasteiger partial charge on any atom is 0.317 e. The summed E-state index contributed by atoms with van der Waals surface area (Å²) in [6, 6.07) is 1.84. The van der Waals surface area contributed by atoms with Gasteiger partial charge in [-0.1, -0.05) is 18.0 Å². The Labute approximate surface area is 101 Å². The van der Waals surface area contributed by atoms with E-state index in [0.29, 0.717) is 6.54 Å². The van der Waals surface area contributed by atoms with Gasteiger partial charge in [0.15, 0.2) is 0 Å². The van der Waals surface area contributed by atoms with Gasteiger partial charge in [-0.2, -0.15) is 0 Å². The number of carbonyl (C=O) groups excluding carboxylic acids is 1. The third-order valence-corrected chi connectivity index (χ3v) is 2.99. The Morgan fingerprint density at radius 1 is 1.41 bits per heavy atom. The first-order chi connectivity index (χ1) is 8.25. The van der Waals surface area contributed by atoms with E-state index in [9.17, 15) is 4.79 Å². The molecule has 1 aromatic heterocycles. The number of hydrogen-bond acceptors (Lipinski definition) is 3. The van der Waals surface area contributed by atoms with E-state index < -0.39 is 0 Å². The summed E-state index contributed by atoms with van der Waals surface area (Å²) >= 11 is 0. The second-order valence-electron chi connectivity index (χ2n) is 4.49. The summed E-state index contributed by atoms with van der Waals surface area (Å²) in [5.74, 6) is 0.768. The molecule has 1 aliphatic rings. The number of aromatic nitrogens is 1. The molecule has 0 aliphatic carbocycles. The van der Waals surface area contributed by atoms with Crippen molar-refractivity contribution >= 4 is 6.03 Å². The van der Waals surface area contributed by atoms with E-state index >= 15 is 0 Å². The van der Waals surface area contributed by atoms with Crippen LogP contribution in [0.5, 0.6) is 0 Å². The number of aryl methyl sites for hydroxylation is 1. The summed E-state index contributed by atoms with van der Waals surface area (Å²) in [7, 11) is 0. The van der Waals surface area contributed by atoms with Crippen molar-refractivity contribution < 1.29 is 9.32 Å². The molecule has 2 amide bonds. The average molecular weight is 237 g/mol. The van der Waals surface area contributed by atoms with Crippen LogP contribution in [0.15, 0.2) is 10.6 Å². The fourth-order valence-corrected chi connectivity index (χ4v) is 2.05. The van der Waals surface area contributed by atoms with Gasteiger partial charge in [-0.05, 0) is 19.8 Å². The lowest BCUT2D eigenvalue weighted by Gasteiger charge is -2.20. The highest BCUT2D eigenvalue weighted by Crippen LogP contribution is 2.09. The lowest BCUT2D eigenvalue weighted by molar-refractivity contribution is 0.199. The maximum absolute atomic E-state index is 11.9. The number of urea groups is 1. The molecular formula is C12H19N3O2. The first-order valence-electron chi connectivity index (χ1n) is 6.20. The van der Waals surface area contributed by atoms with Gasteiger partial charge in [0, 0.05) is 19.2 Å². The van der Waals surface area contributed by atoms with Gasteiger partial charge in [0.25, 0.3) is 0 Å². The van der Waals surface area contributed by atoms with E-state index in [0.717, 1.165) is 37.4 Å². The van der Waals surface area contributed by atoms with E-state index in [-0.39, 0.29) is 6.03 Å². The summed E-state index contributed by atoms with van der Waals surface area (Å²) in [5.41, 5.74) is 0.769. The van der Waals surface area contributed by atoms with Crippen LogP contribution >= 0.6 is 0 Å². The van der Waals surface area contributed by atoms with Gasteiger partial charge in [-0.3, -0.25) is 0 Å². The van der Waals surface area contributed by atoms with Crippen molar-refractivity contribution in [3.63, 3.8) is 0 Å². The predicted octanol–water partition coefficient (Wildman–Crippen LogP) is 2.07. The third kappa shape index (κ3) is 3.47. The Balaban J connectivity index is 1.79. The molecule has 0 bridgehead atoms. The molecule has 0 spiro atoms. The molecule has 2 heterocycles. The van der Waals surface area contributed by atoms with Gasteiger partial charge in [0.05, 0.1) is 6.54 Å². The van der Waals surface area contributed by atoms with Crippen molar-refractivity contribution in [3.05, 3.63) is 17.5 Å². The van der Waals surface area contributed by atoms with Crippen molar-refractivity contribution in [1.82, 2.24) is 15.4 Å². The molecule has 0 unspecified atom stereocenters. The topological polar surface area (TPSA) is 58.4 Å². The molecule has 1 aromatic rings. The summed E-state index contributed by atoms with van der Waals surface area (Å²) in [6.45, 7) is 4.01. The van der Waals surface area contributed by atoms with Gasteiger partial charge in [0.1, 0.15) is 11.5 Å². The first-order valence-corrected chi connectivity index (χ1v) is 6.20. The molecule has 1 saturated heterocycles. The van der Waals surface area contributed by atoms with Gasteiger partial charge in [-0.25, -0.2) is 4.79 Å². The first kappa shape index (κ1) is 12.0. The quantitative estimate of drug-likeness (QED) is 0.856. The minimum Gasteiger partial charge on any atom is -0.361 e. The van der Waals surface area contributed by atoms with Gasteiger partial charge < -0.3 is 14.7 Å². The van der Waals surface area contributed by atoms with Crippen LogP contribution in [0.2, 0.25) is 0 Å². The molecule has 0 saturated carbocycles. The standard InChI is InChI=1S/C12H19N3O2/c1-10-8-11(14-17-10)9-13-12(16)15-6-4-2-3-5-7-15/h8H,2-7,9H2,1H3,(H,13,16). The van der Waals surface area contributed by atoms with Gasteiger partial charge in [-0.15, -0.1) is 0 Å². The number of nitrogens with one attached hydrogen (secondary N) is 1. The number of hydrogen-bond donors (Lipinski definition) is 1. The Morgan fingerprint density at radius 2 is 2.12 bits per heavy atom. The van der Waals surface area contributed by atoms with Crippen LogP contribution < -0.4 is 5.32 Å². The van der Waals surface area contributed by atoms with Crippen LogP contribution in [0.4, 0.5) is 4.79 Å². The van der Waals surface area contributed by atoms with Crippen LogP contribution in [-0.4, -0.2) is 29.2 Å².